The summed E-state index contributed by atoms with van der Waals surface area (Å²) in [6.45, 7) is 10.8. The second-order valence-corrected chi connectivity index (χ2v) is 6.72. The van der Waals surface area contributed by atoms with Gasteiger partial charge in [-0.2, -0.15) is 0 Å². The van der Waals surface area contributed by atoms with Crippen LogP contribution in [0.4, 0.5) is 4.39 Å². The number of hydrogen-bond donors (Lipinski definition) is 1. The molecule has 6 heteroatoms. The van der Waals surface area contributed by atoms with Gasteiger partial charge in [0, 0.05) is 43.1 Å². The number of benzene rings is 1. The van der Waals surface area contributed by atoms with E-state index in [1.165, 1.54) is 12.1 Å². The lowest BCUT2D eigenvalue weighted by Crippen LogP contribution is -2.40. The number of guanidine groups is 1. The highest BCUT2D eigenvalue weighted by molar-refractivity contribution is 5.83. The van der Waals surface area contributed by atoms with Crippen molar-refractivity contribution in [3.63, 3.8) is 0 Å². The number of halogens is 1. The predicted octanol–water partition coefficient (Wildman–Crippen LogP) is 3.70. The van der Waals surface area contributed by atoms with Crippen molar-refractivity contribution in [3.8, 4) is 0 Å². The van der Waals surface area contributed by atoms with Gasteiger partial charge in [-0.05, 0) is 45.4 Å². The van der Waals surface area contributed by atoms with E-state index in [9.17, 15) is 4.39 Å². The summed E-state index contributed by atoms with van der Waals surface area (Å²) in [6.07, 6.45) is 1.12. The first-order valence-electron chi connectivity index (χ1n) is 9.40. The van der Waals surface area contributed by atoms with Crippen LogP contribution in [0.5, 0.6) is 0 Å². The molecule has 0 bridgehead atoms. The fraction of sp³-hybridized carbons (Fsp3) is 0.550. The van der Waals surface area contributed by atoms with Crippen LogP contribution in [-0.2, 0) is 11.3 Å². The van der Waals surface area contributed by atoms with Gasteiger partial charge in [0.05, 0.1) is 6.61 Å². The van der Waals surface area contributed by atoms with E-state index in [2.05, 4.69) is 17.1 Å². The van der Waals surface area contributed by atoms with E-state index in [1.54, 1.807) is 6.07 Å². The number of aliphatic imine (C=N–C) groups is 1. The number of furan rings is 1. The molecular weight excluding hydrogens is 333 g/mol. The zero-order chi connectivity index (χ0) is 18.5. The zero-order valence-electron chi connectivity index (χ0n) is 15.8. The van der Waals surface area contributed by atoms with Crippen LogP contribution in [-0.4, -0.2) is 43.7 Å². The molecule has 1 aliphatic rings. The van der Waals surface area contributed by atoms with Crippen LogP contribution < -0.4 is 5.32 Å². The van der Waals surface area contributed by atoms with Crippen molar-refractivity contribution < 1.29 is 13.5 Å². The van der Waals surface area contributed by atoms with Gasteiger partial charge < -0.3 is 19.4 Å². The SMILES string of the molecule is CCNC(=NCc1oc2ccc(F)cc2c1C)N1CCC(COCC)C1. The highest BCUT2D eigenvalue weighted by Gasteiger charge is 2.25. The van der Waals surface area contributed by atoms with Gasteiger partial charge in [-0.1, -0.05) is 0 Å². The summed E-state index contributed by atoms with van der Waals surface area (Å²) in [5.41, 5.74) is 1.66. The molecule has 1 aliphatic heterocycles. The van der Waals surface area contributed by atoms with Gasteiger partial charge in [0.15, 0.2) is 5.96 Å². The van der Waals surface area contributed by atoms with E-state index >= 15 is 0 Å². The molecule has 1 fully saturated rings. The first-order chi connectivity index (χ1) is 12.6. The van der Waals surface area contributed by atoms with Gasteiger partial charge in [0.2, 0.25) is 0 Å². The Morgan fingerprint density at radius 1 is 1.42 bits per heavy atom. The smallest absolute Gasteiger partial charge is 0.194 e. The first kappa shape index (κ1) is 18.7. The second-order valence-electron chi connectivity index (χ2n) is 6.72. The maximum atomic E-state index is 13.5. The maximum absolute atomic E-state index is 13.5. The van der Waals surface area contributed by atoms with Gasteiger partial charge in [-0.15, -0.1) is 0 Å². The monoisotopic (exact) mass is 361 g/mol. The lowest BCUT2D eigenvalue weighted by molar-refractivity contribution is 0.114. The molecule has 26 heavy (non-hydrogen) atoms. The molecule has 0 amide bonds. The second kappa shape index (κ2) is 8.54. The molecule has 3 rings (SSSR count). The molecule has 1 N–H and O–H groups in total. The largest absolute Gasteiger partial charge is 0.459 e. The Balaban J connectivity index is 1.73. The van der Waals surface area contributed by atoms with Crippen LogP contribution in [0.15, 0.2) is 27.6 Å². The van der Waals surface area contributed by atoms with Crippen LogP contribution in [0, 0.1) is 18.7 Å². The van der Waals surface area contributed by atoms with Crippen molar-refractivity contribution in [2.24, 2.45) is 10.9 Å². The topological polar surface area (TPSA) is 50.0 Å². The molecule has 0 spiro atoms. The van der Waals surface area contributed by atoms with Crippen LogP contribution in [0.25, 0.3) is 11.0 Å². The number of nitrogens with zero attached hydrogens (tertiary/aromatic N) is 2. The number of nitrogens with one attached hydrogen (secondary N) is 1. The molecule has 2 heterocycles. The summed E-state index contributed by atoms with van der Waals surface area (Å²) in [5.74, 6) is 1.99. The summed E-state index contributed by atoms with van der Waals surface area (Å²) in [6, 6.07) is 4.62. The molecule has 1 saturated heterocycles. The van der Waals surface area contributed by atoms with Crippen molar-refractivity contribution in [1.29, 1.82) is 0 Å². The average Bonchev–Trinajstić information content (AvgIpc) is 3.22. The van der Waals surface area contributed by atoms with E-state index in [4.69, 9.17) is 14.1 Å². The van der Waals surface area contributed by atoms with Crippen LogP contribution in [0.2, 0.25) is 0 Å². The summed E-state index contributed by atoms with van der Waals surface area (Å²) in [7, 11) is 0. The van der Waals surface area contributed by atoms with Gasteiger partial charge in [-0.25, -0.2) is 9.38 Å². The maximum Gasteiger partial charge on any atom is 0.194 e. The zero-order valence-corrected chi connectivity index (χ0v) is 15.8. The Hall–Kier alpha value is -2.08. The van der Waals surface area contributed by atoms with E-state index in [-0.39, 0.29) is 5.82 Å². The van der Waals surface area contributed by atoms with Crippen molar-refractivity contribution in [2.45, 2.75) is 33.7 Å². The fourth-order valence-electron chi connectivity index (χ4n) is 3.41. The Morgan fingerprint density at radius 2 is 2.27 bits per heavy atom. The molecule has 2 aromatic rings. The van der Waals surface area contributed by atoms with Crippen LogP contribution in [0.3, 0.4) is 0 Å². The van der Waals surface area contributed by atoms with E-state index < -0.39 is 0 Å². The molecule has 1 atom stereocenters. The third kappa shape index (κ3) is 4.18. The van der Waals surface area contributed by atoms with E-state index in [1.807, 2.05) is 13.8 Å². The Morgan fingerprint density at radius 3 is 3.04 bits per heavy atom. The van der Waals surface area contributed by atoms with Crippen LogP contribution in [0.1, 0.15) is 31.6 Å². The molecule has 0 saturated carbocycles. The summed E-state index contributed by atoms with van der Waals surface area (Å²) >= 11 is 0. The molecule has 1 aromatic heterocycles. The number of fused-ring (bicyclic) bond motifs is 1. The first-order valence-corrected chi connectivity index (χ1v) is 9.40. The fourth-order valence-corrected chi connectivity index (χ4v) is 3.41. The van der Waals surface area contributed by atoms with Crippen molar-refractivity contribution in [3.05, 3.63) is 35.3 Å². The van der Waals surface area contributed by atoms with Crippen molar-refractivity contribution in [2.75, 3.05) is 32.8 Å². The molecule has 142 valence electrons. The summed E-state index contributed by atoms with van der Waals surface area (Å²) in [5, 5.41) is 4.18. The lowest BCUT2D eigenvalue weighted by atomic mass is 10.1. The Labute approximate surface area is 154 Å². The molecule has 0 radical (unpaired) electrons. The Kier molecular flexibility index (Phi) is 6.14. The minimum atomic E-state index is -0.248. The molecular formula is C20H28FN3O2. The van der Waals surface area contributed by atoms with Gasteiger partial charge in [0.1, 0.15) is 23.7 Å². The number of hydrogen-bond acceptors (Lipinski definition) is 3. The van der Waals surface area contributed by atoms with Gasteiger partial charge in [0.25, 0.3) is 0 Å². The number of rotatable bonds is 6. The lowest BCUT2D eigenvalue weighted by Gasteiger charge is -2.21. The third-order valence-electron chi connectivity index (χ3n) is 4.85. The standard InChI is InChI=1S/C20H28FN3O2/c1-4-22-20(24-9-8-15(12-24)13-25-5-2)23-11-19-14(3)17-10-16(21)6-7-18(17)26-19/h6-7,10,15H,4-5,8-9,11-13H2,1-3H3,(H,22,23). The van der Waals surface area contributed by atoms with Crippen molar-refractivity contribution in [1.82, 2.24) is 10.2 Å². The average molecular weight is 361 g/mol. The minimum absolute atomic E-state index is 0.248. The predicted molar refractivity (Wildman–Crippen MR) is 102 cm³/mol. The highest BCUT2D eigenvalue weighted by atomic mass is 19.1. The summed E-state index contributed by atoms with van der Waals surface area (Å²) < 4.78 is 24.9. The minimum Gasteiger partial charge on any atom is -0.459 e. The molecule has 0 aliphatic carbocycles. The van der Waals surface area contributed by atoms with Crippen molar-refractivity contribution >= 4 is 16.9 Å². The molecule has 1 unspecified atom stereocenters. The number of likely N-dealkylation sites (tertiary alicyclic amines) is 1. The quantitative estimate of drug-likeness (QED) is 0.630. The van der Waals surface area contributed by atoms with Crippen LogP contribution >= 0.6 is 0 Å². The van der Waals surface area contributed by atoms with E-state index in [0.717, 1.165) is 61.9 Å². The van der Waals surface area contributed by atoms with E-state index in [0.29, 0.717) is 18.0 Å². The normalized spacial score (nSPS) is 18.1. The van der Waals surface area contributed by atoms with Gasteiger partial charge in [-0.3, -0.25) is 0 Å². The Bertz CT molecular complexity index is 772. The molecule has 5 nitrogen and oxygen atoms in total. The number of aryl methyl sites for hydroxylation is 1. The third-order valence-corrected chi connectivity index (χ3v) is 4.85. The highest BCUT2D eigenvalue weighted by Crippen LogP contribution is 2.26. The number of ether oxygens (including phenoxy) is 1. The van der Waals surface area contributed by atoms with Gasteiger partial charge >= 0.3 is 0 Å². The molecule has 1 aromatic carbocycles. The summed E-state index contributed by atoms with van der Waals surface area (Å²) in [4.78, 5) is 7.04.